The van der Waals surface area contributed by atoms with Crippen LogP contribution in [0.4, 0.5) is 0 Å². The Labute approximate surface area is 93.0 Å². The molecule has 0 aromatic carbocycles. The average Bonchev–Trinajstić information content (AvgIpc) is 2.12. The fourth-order valence-electron chi connectivity index (χ4n) is 0.658. The number of phosphoric acid groups is 1. The summed E-state index contributed by atoms with van der Waals surface area (Å²) in [5.41, 5.74) is 0. The van der Waals surface area contributed by atoms with Gasteiger partial charge in [0.15, 0.2) is 0 Å². The van der Waals surface area contributed by atoms with Gasteiger partial charge in [-0.05, 0) is 27.1 Å². The second-order valence-electron chi connectivity index (χ2n) is 2.69. The minimum absolute atomic E-state index is 0.367. The van der Waals surface area contributed by atoms with Crippen molar-refractivity contribution >= 4 is 30.8 Å². The third kappa shape index (κ3) is 6.82. The van der Waals surface area contributed by atoms with Crippen LogP contribution in [0, 0.1) is 0 Å². The van der Waals surface area contributed by atoms with Gasteiger partial charge in [-0.2, -0.15) is 0 Å². The van der Waals surface area contributed by atoms with Crippen LogP contribution in [0.1, 0.15) is 6.42 Å². The quantitative estimate of drug-likeness (QED) is 0.408. The Morgan fingerprint density at radius 2 is 2.08 bits per heavy atom. The largest absolute Gasteiger partial charge is 0.484 e. The third-order valence-electron chi connectivity index (χ3n) is 1.31. The highest BCUT2D eigenvalue weighted by atomic mass is 127. The van der Waals surface area contributed by atoms with E-state index in [0.29, 0.717) is 6.61 Å². The van der Waals surface area contributed by atoms with Crippen molar-refractivity contribution in [2.24, 2.45) is 0 Å². The van der Waals surface area contributed by atoms with Gasteiger partial charge in [0.05, 0.1) is 6.61 Å². The molecule has 5 nitrogen and oxygen atoms in total. The van der Waals surface area contributed by atoms with E-state index in [4.69, 9.17) is 4.52 Å². The number of nitrogens with zero attached hydrogens (tertiary/aromatic N) is 1. The fourth-order valence-corrected chi connectivity index (χ4v) is 2.04. The second-order valence-corrected chi connectivity index (χ2v) is 5.53. The smallest absolute Gasteiger partial charge is 0.309 e. The topological polar surface area (TPSA) is 48.0 Å². The Morgan fingerprint density at radius 1 is 1.46 bits per heavy atom. The average molecular weight is 323 g/mol. The minimum atomic E-state index is -3.27. The first-order valence-corrected chi connectivity index (χ1v) is 6.13. The van der Waals surface area contributed by atoms with E-state index in [1.807, 2.05) is 19.0 Å². The number of halogens is 1. The zero-order valence-electron chi connectivity index (χ0n) is 8.03. The zero-order chi connectivity index (χ0) is 10.3. The molecule has 0 aliphatic carbocycles. The van der Waals surface area contributed by atoms with Crippen molar-refractivity contribution < 1.29 is 16.5 Å². The summed E-state index contributed by atoms with van der Waals surface area (Å²) in [5, 5.41) is 0. The maximum Gasteiger partial charge on any atom is 0.484 e. The van der Waals surface area contributed by atoms with Crippen molar-refractivity contribution in [2.45, 2.75) is 6.42 Å². The molecule has 13 heavy (non-hydrogen) atoms. The van der Waals surface area contributed by atoms with E-state index in [1.54, 1.807) is 0 Å². The normalized spacial score (nSPS) is 16.1. The van der Waals surface area contributed by atoms with Gasteiger partial charge in [0, 0.05) is 7.11 Å². The lowest BCUT2D eigenvalue weighted by Crippen LogP contribution is -2.14. The van der Waals surface area contributed by atoms with Gasteiger partial charge in [-0.1, -0.05) is 0 Å². The molecule has 0 radical (unpaired) electrons. The maximum atomic E-state index is 11.3. The monoisotopic (exact) mass is 323 g/mol. The Morgan fingerprint density at radius 3 is 2.46 bits per heavy atom. The lowest BCUT2D eigenvalue weighted by molar-refractivity contribution is 0.186. The molecule has 0 spiro atoms. The van der Waals surface area contributed by atoms with Gasteiger partial charge in [0.2, 0.25) is 0 Å². The molecule has 0 rings (SSSR count). The summed E-state index contributed by atoms with van der Waals surface area (Å²) in [6.07, 6.45) is 0.792. The number of phosphoric ester groups is 1. The molecule has 0 saturated carbocycles. The van der Waals surface area contributed by atoms with Crippen LogP contribution in [-0.2, 0) is 16.5 Å². The molecule has 0 bridgehead atoms. The van der Waals surface area contributed by atoms with Crippen molar-refractivity contribution in [3.63, 3.8) is 0 Å². The fraction of sp³-hybridized carbons (Fsp3) is 1.00. The van der Waals surface area contributed by atoms with Crippen LogP contribution in [0.3, 0.4) is 0 Å². The maximum absolute atomic E-state index is 11.3. The number of hydrogen-bond donors (Lipinski definition) is 0. The highest BCUT2D eigenvalue weighted by Gasteiger charge is 2.23. The van der Waals surface area contributed by atoms with Gasteiger partial charge in [0.1, 0.15) is 23.0 Å². The molecule has 1 unspecified atom stereocenters. The molecule has 80 valence electrons. The molecule has 1 atom stereocenters. The summed E-state index contributed by atoms with van der Waals surface area (Å²) < 4.78 is 25.4. The summed E-state index contributed by atoms with van der Waals surface area (Å²) in [7, 11) is 1.95. The Balaban J connectivity index is 3.56. The minimum Gasteiger partial charge on any atom is -0.309 e. The van der Waals surface area contributed by atoms with Gasteiger partial charge in [-0.3, -0.25) is 9.05 Å². The Hall–Kier alpha value is 0.800. The van der Waals surface area contributed by atoms with Crippen LogP contribution >= 0.6 is 30.8 Å². The molecule has 0 aliphatic heterocycles. The Bertz CT molecular complexity index is 170. The predicted molar refractivity (Wildman–Crippen MR) is 58.8 cm³/mol. The van der Waals surface area contributed by atoms with Gasteiger partial charge < -0.3 is 4.90 Å². The third-order valence-corrected chi connectivity index (χ3v) is 3.87. The van der Waals surface area contributed by atoms with Crippen molar-refractivity contribution in [3.8, 4) is 0 Å². The molecular weight excluding hydrogens is 308 g/mol. The van der Waals surface area contributed by atoms with Crippen molar-refractivity contribution in [2.75, 3.05) is 34.4 Å². The second kappa shape index (κ2) is 7.14. The highest BCUT2D eigenvalue weighted by molar-refractivity contribution is 14.1. The van der Waals surface area contributed by atoms with E-state index < -0.39 is 7.82 Å². The summed E-state index contributed by atoms with van der Waals surface area (Å²) in [6.45, 7) is 1.25. The summed E-state index contributed by atoms with van der Waals surface area (Å²) in [4.78, 5) is 2.02. The zero-order valence-corrected chi connectivity index (χ0v) is 11.1. The molecule has 7 heteroatoms. The van der Waals surface area contributed by atoms with Crippen LogP contribution in [0.5, 0.6) is 0 Å². The van der Waals surface area contributed by atoms with Crippen LogP contribution in [0.2, 0.25) is 0 Å². The van der Waals surface area contributed by atoms with E-state index in [1.165, 1.54) is 30.1 Å². The van der Waals surface area contributed by atoms with Gasteiger partial charge >= 0.3 is 7.82 Å². The van der Waals surface area contributed by atoms with E-state index in [2.05, 4.69) is 7.38 Å². The number of rotatable bonds is 7. The molecular formula is C6H15INO4P. The van der Waals surface area contributed by atoms with E-state index >= 15 is 0 Å². The van der Waals surface area contributed by atoms with Gasteiger partial charge in [0.25, 0.3) is 0 Å². The SMILES string of the molecule is COP(=O)(OI)OCCCN(C)C. The highest BCUT2D eigenvalue weighted by Crippen LogP contribution is 2.50. The predicted octanol–water partition coefficient (Wildman–Crippen LogP) is 2.08. The van der Waals surface area contributed by atoms with Crippen molar-refractivity contribution in [1.29, 1.82) is 0 Å². The molecule has 0 saturated heterocycles. The van der Waals surface area contributed by atoms with Gasteiger partial charge in [-0.15, -0.1) is 0 Å². The molecule has 0 N–H and O–H groups in total. The first-order chi connectivity index (χ1) is 6.04. The summed E-state index contributed by atoms with van der Waals surface area (Å²) in [6, 6.07) is 0. The van der Waals surface area contributed by atoms with Crippen LogP contribution in [-0.4, -0.2) is 39.3 Å². The lowest BCUT2D eigenvalue weighted by Gasteiger charge is -2.13. The molecule has 0 amide bonds. The molecule has 0 aliphatic rings. The molecule has 0 fully saturated rings. The number of hydrogen-bond acceptors (Lipinski definition) is 5. The van der Waals surface area contributed by atoms with E-state index in [9.17, 15) is 4.57 Å². The van der Waals surface area contributed by atoms with Crippen LogP contribution in [0.15, 0.2) is 0 Å². The van der Waals surface area contributed by atoms with Crippen LogP contribution in [0.25, 0.3) is 0 Å². The Kier molecular flexibility index (Phi) is 7.58. The van der Waals surface area contributed by atoms with E-state index in [-0.39, 0.29) is 0 Å². The van der Waals surface area contributed by atoms with Crippen molar-refractivity contribution in [3.05, 3.63) is 0 Å². The molecule has 0 aromatic rings. The summed E-state index contributed by atoms with van der Waals surface area (Å²) >= 11 is 1.51. The molecule has 0 heterocycles. The first-order valence-electron chi connectivity index (χ1n) is 3.79. The van der Waals surface area contributed by atoms with Gasteiger partial charge in [-0.25, -0.2) is 7.42 Å². The first kappa shape index (κ1) is 13.8. The lowest BCUT2D eigenvalue weighted by atomic mass is 10.4. The van der Waals surface area contributed by atoms with E-state index in [0.717, 1.165) is 13.0 Å². The molecule has 0 aromatic heterocycles. The van der Waals surface area contributed by atoms with Crippen LogP contribution < -0.4 is 0 Å². The summed E-state index contributed by atoms with van der Waals surface area (Å²) in [5.74, 6) is 0. The van der Waals surface area contributed by atoms with Crippen molar-refractivity contribution in [1.82, 2.24) is 4.90 Å². The standard InChI is InChI=1S/C6H15INO4P/c1-8(2)5-4-6-11-13(9,10-3)12-7/h4-6H2,1-3H3.